The predicted octanol–water partition coefficient (Wildman–Crippen LogP) is 2.21. The number of carboxylic acid groups (broad SMARTS) is 1. The highest BCUT2D eigenvalue weighted by atomic mass is 32.2. The van der Waals surface area contributed by atoms with E-state index < -0.39 is 15.9 Å². The summed E-state index contributed by atoms with van der Waals surface area (Å²) in [6.07, 6.45) is 0.824. The molecule has 2 atom stereocenters. The fraction of sp³-hybridized carbons (Fsp3) is 0.345. The first-order valence-electron chi connectivity index (χ1n) is 12.8. The number of sulfone groups is 1. The third-order valence-corrected chi connectivity index (χ3v) is 7.32. The molecule has 0 amide bonds. The van der Waals surface area contributed by atoms with Crippen LogP contribution in [-0.4, -0.2) is 74.0 Å². The summed E-state index contributed by atoms with van der Waals surface area (Å²) < 4.78 is 41.2. The number of benzene rings is 3. The maximum atomic E-state index is 11.7. The summed E-state index contributed by atoms with van der Waals surface area (Å²) in [7, 11) is -3.27. The number of hydrogen-bond acceptors (Lipinski definition) is 10. The number of aliphatic hydroxyl groups is 2. The largest absolute Gasteiger partial charge is 0.508 e. The van der Waals surface area contributed by atoms with Gasteiger partial charge in [0, 0.05) is 18.4 Å². The van der Waals surface area contributed by atoms with Crippen molar-refractivity contribution in [3.63, 3.8) is 0 Å². The first-order valence-corrected chi connectivity index (χ1v) is 14.7. The Hall–Kier alpha value is -3.68. The summed E-state index contributed by atoms with van der Waals surface area (Å²) in [5.74, 6) is 1.31. The van der Waals surface area contributed by atoms with Gasteiger partial charge in [-0.15, -0.1) is 0 Å². The molecule has 3 aromatic rings. The van der Waals surface area contributed by atoms with Crippen LogP contribution in [0.25, 0.3) is 0 Å². The molecule has 222 valence electrons. The Labute approximate surface area is 238 Å². The molecule has 1 aliphatic rings. The number of aromatic hydroxyl groups is 1. The highest BCUT2D eigenvalue weighted by molar-refractivity contribution is 7.90. The van der Waals surface area contributed by atoms with Gasteiger partial charge in [0.15, 0.2) is 27.4 Å². The molecule has 1 heterocycles. The number of ether oxygens (including phenoxy) is 3. The molecule has 3 aromatic carbocycles. The Bertz CT molecular complexity index is 1400. The van der Waals surface area contributed by atoms with Crippen molar-refractivity contribution in [2.75, 3.05) is 32.6 Å². The highest BCUT2D eigenvalue weighted by Gasteiger charge is 2.22. The molecule has 4 rings (SSSR count). The van der Waals surface area contributed by atoms with E-state index in [4.69, 9.17) is 24.1 Å². The van der Waals surface area contributed by atoms with E-state index in [9.17, 15) is 23.7 Å². The minimum absolute atomic E-state index is 0.00297. The van der Waals surface area contributed by atoms with E-state index in [1.54, 1.807) is 30.3 Å². The summed E-state index contributed by atoms with van der Waals surface area (Å²) in [6, 6.07) is 17.2. The lowest BCUT2D eigenvalue weighted by Crippen LogP contribution is -2.33. The van der Waals surface area contributed by atoms with Crippen molar-refractivity contribution in [1.29, 1.82) is 0 Å². The normalized spacial score (nSPS) is 15.0. The third kappa shape index (κ3) is 9.73. The Balaban J connectivity index is 0.00000147. The number of fused-ring (bicyclic) bond motifs is 1. The van der Waals surface area contributed by atoms with Gasteiger partial charge in [0.2, 0.25) is 0 Å². The minimum atomic E-state index is -3.27. The molecule has 0 spiro atoms. The summed E-state index contributed by atoms with van der Waals surface area (Å²) in [5.41, 5.74) is 2.81. The summed E-state index contributed by atoms with van der Waals surface area (Å²) in [6.45, 7) is 1.31. The molecular weight excluding hydrogens is 554 g/mol. The van der Waals surface area contributed by atoms with Crippen LogP contribution in [0.1, 0.15) is 28.4 Å². The van der Waals surface area contributed by atoms with Gasteiger partial charge in [-0.1, -0.05) is 24.3 Å². The molecule has 0 aromatic heterocycles. The number of aliphatic hydroxyl groups excluding tert-OH is 2. The van der Waals surface area contributed by atoms with Crippen LogP contribution >= 0.6 is 0 Å². The molecule has 0 saturated heterocycles. The number of hydrogen-bond donors (Lipinski definition) is 5. The van der Waals surface area contributed by atoms with Gasteiger partial charge in [-0.2, -0.15) is 0 Å². The monoisotopic (exact) mass is 589 g/mol. The Morgan fingerprint density at radius 2 is 1.88 bits per heavy atom. The van der Waals surface area contributed by atoms with Gasteiger partial charge in [0.25, 0.3) is 6.47 Å². The van der Waals surface area contributed by atoms with Crippen molar-refractivity contribution in [3.8, 4) is 17.2 Å². The van der Waals surface area contributed by atoms with E-state index in [2.05, 4.69) is 5.32 Å². The summed E-state index contributed by atoms with van der Waals surface area (Å²) >= 11 is 0. The second-order valence-electron chi connectivity index (χ2n) is 9.39. The van der Waals surface area contributed by atoms with Gasteiger partial charge < -0.3 is 40.0 Å². The van der Waals surface area contributed by atoms with Gasteiger partial charge in [-0.3, -0.25) is 4.79 Å². The number of carbonyl (C=O) groups is 1. The van der Waals surface area contributed by atoms with Crippen LogP contribution in [0.4, 0.5) is 0 Å². The molecule has 0 aliphatic carbocycles. The number of phenols is 1. The zero-order valence-corrected chi connectivity index (χ0v) is 23.4. The molecular formula is C29H35NO10S. The standard InChI is InChI=1S/C28H33NO8S.CH2O2/c1-38(33,34)24-4-2-3-20(11-24)16-35-17-23-18-36-27-8-5-19(12-28(27)37-23)9-10-29-14-26(32)21-6-7-25(31)22(13-21)15-30;2-1-3/h2-8,11-13,23,26,29-32H,9-10,14-18H2,1H3;1H,(H,2,3)/t23-,26+;/m1./s1. The molecule has 1 aliphatic heterocycles. The lowest BCUT2D eigenvalue weighted by atomic mass is 10.1. The Morgan fingerprint density at radius 3 is 2.61 bits per heavy atom. The molecule has 0 saturated carbocycles. The fourth-order valence-corrected chi connectivity index (χ4v) is 4.79. The van der Waals surface area contributed by atoms with Gasteiger partial charge in [0.05, 0.1) is 30.8 Å². The average Bonchev–Trinajstić information content (AvgIpc) is 2.95. The Morgan fingerprint density at radius 1 is 1.10 bits per heavy atom. The number of nitrogens with one attached hydrogen (secondary N) is 1. The predicted molar refractivity (Wildman–Crippen MR) is 150 cm³/mol. The maximum absolute atomic E-state index is 11.7. The van der Waals surface area contributed by atoms with Crippen molar-refractivity contribution in [3.05, 3.63) is 82.9 Å². The van der Waals surface area contributed by atoms with E-state index in [1.807, 2.05) is 24.3 Å². The first kappa shape index (κ1) is 31.8. The molecule has 41 heavy (non-hydrogen) atoms. The zero-order valence-electron chi connectivity index (χ0n) is 22.6. The number of rotatable bonds is 12. The first-order chi connectivity index (χ1) is 19.6. The zero-order chi connectivity index (χ0) is 29.8. The fourth-order valence-electron chi connectivity index (χ4n) is 4.10. The molecule has 12 heteroatoms. The summed E-state index contributed by atoms with van der Waals surface area (Å²) in [5, 5.41) is 39.5. The molecule has 11 nitrogen and oxygen atoms in total. The Kier molecular flexibility index (Phi) is 11.9. The molecule has 0 fully saturated rings. The van der Waals surface area contributed by atoms with E-state index in [1.165, 1.54) is 12.3 Å². The maximum Gasteiger partial charge on any atom is 0.290 e. The van der Waals surface area contributed by atoms with E-state index in [0.29, 0.717) is 55.4 Å². The van der Waals surface area contributed by atoms with Crippen LogP contribution in [0.2, 0.25) is 0 Å². The van der Waals surface area contributed by atoms with Crippen molar-refractivity contribution in [1.82, 2.24) is 5.32 Å². The van der Waals surface area contributed by atoms with Gasteiger partial charge in [0.1, 0.15) is 12.4 Å². The van der Waals surface area contributed by atoms with Crippen LogP contribution in [0.3, 0.4) is 0 Å². The van der Waals surface area contributed by atoms with Crippen LogP contribution in [-0.2, 0) is 39.0 Å². The van der Waals surface area contributed by atoms with Gasteiger partial charge in [-0.05, 0) is 66.1 Å². The van der Waals surface area contributed by atoms with Gasteiger partial charge in [-0.25, -0.2) is 8.42 Å². The van der Waals surface area contributed by atoms with Crippen molar-refractivity contribution < 1.29 is 47.8 Å². The van der Waals surface area contributed by atoms with Crippen molar-refractivity contribution in [2.24, 2.45) is 0 Å². The SMILES string of the molecule is CS(=O)(=O)c1cccc(COC[C@@H]2COc3ccc(CCNC[C@H](O)c4ccc(O)c(CO)c4)cc3O2)c1.O=CO. The smallest absolute Gasteiger partial charge is 0.290 e. The second-order valence-corrected chi connectivity index (χ2v) is 11.4. The van der Waals surface area contributed by atoms with E-state index >= 15 is 0 Å². The van der Waals surface area contributed by atoms with Crippen LogP contribution in [0, 0.1) is 0 Å². The highest BCUT2D eigenvalue weighted by Crippen LogP contribution is 2.33. The van der Waals surface area contributed by atoms with Crippen LogP contribution < -0.4 is 14.8 Å². The second kappa shape index (κ2) is 15.4. The average molecular weight is 590 g/mol. The third-order valence-electron chi connectivity index (χ3n) is 6.21. The van der Waals surface area contributed by atoms with Crippen molar-refractivity contribution >= 4 is 16.3 Å². The van der Waals surface area contributed by atoms with Crippen LogP contribution in [0.15, 0.2) is 65.6 Å². The van der Waals surface area contributed by atoms with E-state index in [-0.39, 0.29) is 36.4 Å². The summed E-state index contributed by atoms with van der Waals surface area (Å²) in [4.78, 5) is 8.62. The molecule has 0 radical (unpaired) electrons. The quantitative estimate of drug-likeness (QED) is 0.155. The van der Waals surface area contributed by atoms with E-state index in [0.717, 1.165) is 11.1 Å². The molecule has 0 bridgehead atoms. The van der Waals surface area contributed by atoms with Crippen molar-refractivity contribution in [2.45, 2.75) is 36.7 Å². The molecule has 5 N–H and O–H groups in total. The lowest BCUT2D eigenvalue weighted by molar-refractivity contribution is -0.122. The van der Waals surface area contributed by atoms with Crippen LogP contribution in [0.5, 0.6) is 17.2 Å². The van der Waals surface area contributed by atoms with Gasteiger partial charge >= 0.3 is 0 Å². The molecule has 0 unspecified atom stereocenters. The minimum Gasteiger partial charge on any atom is -0.508 e. The topological polar surface area (TPSA) is 172 Å². The lowest BCUT2D eigenvalue weighted by Gasteiger charge is -2.27.